The molecule has 24 heavy (non-hydrogen) atoms. The molecule has 3 nitrogen and oxygen atoms in total. The summed E-state index contributed by atoms with van der Waals surface area (Å²) in [6.07, 6.45) is 3.05. The van der Waals surface area contributed by atoms with Gasteiger partial charge in [-0.3, -0.25) is 4.79 Å². The van der Waals surface area contributed by atoms with Crippen LogP contribution in [0.4, 0.5) is 0 Å². The van der Waals surface area contributed by atoms with Crippen LogP contribution in [0.5, 0.6) is 0 Å². The van der Waals surface area contributed by atoms with Gasteiger partial charge in [0.15, 0.2) is 5.16 Å². The van der Waals surface area contributed by atoms with Gasteiger partial charge >= 0.3 is 0 Å². The van der Waals surface area contributed by atoms with Gasteiger partial charge in [-0.1, -0.05) is 55.9 Å². The van der Waals surface area contributed by atoms with Crippen LogP contribution in [0.1, 0.15) is 36.3 Å². The van der Waals surface area contributed by atoms with Gasteiger partial charge in [0.05, 0.1) is 6.54 Å². The number of nitrogens with zero attached hydrogens (tertiary/aromatic N) is 2. The van der Waals surface area contributed by atoms with E-state index in [1.54, 1.807) is 23.1 Å². The summed E-state index contributed by atoms with van der Waals surface area (Å²) in [6, 6.07) is 10.4. The quantitative estimate of drug-likeness (QED) is 0.646. The van der Waals surface area contributed by atoms with Crippen LogP contribution in [0.2, 0.25) is 0 Å². The molecule has 0 saturated heterocycles. The number of benzene rings is 1. The molecule has 0 amide bonds. The summed E-state index contributed by atoms with van der Waals surface area (Å²) in [4.78, 5) is 19.9. The highest BCUT2D eigenvalue weighted by molar-refractivity contribution is 7.99. The van der Waals surface area contributed by atoms with Gasteiger partial charge in [0, 0.05) is 15.7 Å². The second-order valence-corrected chi connectivity index (χ2v) is 9.10. The van der Waals surface area contributed by atoms with Crippen molar-refractivity contribution in [1.82, 2.24) is 9.55 Å². The Morgan fingerprint density at radius 3 is 2.79 bits per heavy atom. The number of thioether (sulfide) groups is 1. The molecule has 0 fully saturated rings. The second kappa shape index (κ2) is 6.37. The van der Waals surface area contributed by atoms with Crippen molar-refractivity contribution in [3.63, 3.8) is 0 Å². The normalized spacial score (nSPS) is 13.8. The van der Waals surface area contributed by atoms with Crippen molar-refractivity contribution in [2.24, 2.45) is 0 Å². The van der Waals surface area contributed by atoms with E-state index in [1.165, 1.54) is 10.4 Å². The lowest BCUT2D eigenvalue weighted by molar-refractivity contribution is 0.733. The molecule has 2 heterocycles. The van der Waals surface area contributed by atoms with E-state index >= 15 is 0 Å². The molecule has 0 atom stereocenters. The molecule has 0 spiro atoms. The molecular weight excluding hydrogens is 336 g/mol. The molecule has 0 saturated carbocycles. The van der Waals surface area contributed by atoms with E-state index in [-0.39, 0.29) is 5.43 Å². The van der Waals surface area contributed by atoms with Crippen LogP contribution in [-0.2, 0) is 19.4 Å². The number of hydrogen-bond acceptors (Lipinski definition) is 4. The van der Waals surface area contributed by atoms with Gasteiger partial charge in [0.2, 0.25) is 5.43 Å². The Kier molecular flexibility index (Phi) is 4.22. The van der Waals surface area contributed by atoms with Gasteiger partial charge in [-0.2, -0.15) is 0 Å². The molecule has 124 valence electrons. The predicted octanol–water partition coefficient (Wildman–Crippen LogP) is 4.50. The van der Waals surface area contributed by atoms with Crippen LogP contribution >= 0.6 is 23.1 Å². The topological polar surface area (TPSA) is 34.9 Å². The fraction of sp³-hybridized carbons (Fsp3) is 0.368. The summed E-state index contributed by atoms with van der Waals surface area (Å²) < 4.78 is 2.24. The Balaban J connectivity index is 1.91. The summed E-state index contributed by atoms with van der Waals surface area (Å²) in [5.74, 6) is 0. The van der Waals surface area contributed by atoms with Gasteiger partial charge < -0.3 is 4.57 Å². The lowest BCUT2D eigenvalue weighted by Gasteiger charge is -2.10. The van der Waals surface area contributed by atoms with Gasteiger partial charge in [-0.05, 0) is 24.8 Å². The van der Waals surface area contributed by atoms with Crippen molar-refractivity contribution < 1.29 is 0 Å². The summed E-state index contributed by atoms with van der Waals surface area (Å²) in [6.45, 7) is 5.10. The van der Waals surface area contributed by atoms with Crippen LogP contribution in [0.15, 0.2) is 40.3 Å². The molecule has 1 aliphatic rings. The van der Waals surface area contributed by atoms with Crippen molar-refractivity contribution in [1.29, 1.82) is 0 Å². The first-order chi connectivity index (χ1) is 11.6. The van der Waals surface area contributed by atoms with E-state index < -0.39 is 0 Å². The molecular formula is C19H20N2OS2. The van der Waals surface area contributed by atoms with E-state index in [0.717, 1.165) is 41.4 Å². The van der Waals surface area contributed by atoms with Crippen molar-refractivity contribution in [3.8, 4) is 0 Å². The molecule has 3 aromatic rings. The monoisotopic (exact) mass is 356 g/mol. The first kappa shape index (κ1) is 15.9. The zero-order valence-electron chi connectivity index (χ0n) is 13.9. The third kappa shape index (κ3) is 2.80. The van der Waals surface area contributed by atoms with Gasteiger partial charge in [0.1, 0.15) is 10.3 Å². The summed E-state index contributed by atoms with van der Waals surface area (Å²) >= 11 is 3.51. The third-order valence-corrected chi connectivity index (χ3v) is 6.58. The maximum atomic E-state index is 12.8. The van der Waals surface area contributed by atoms with Crippen LogP contribution in [-0.4, -0.2) is 14.8 Å². The molecule has 0 unspecified atom stereocenters. The van der Waals surface area contributed by atoms with E-state index in [1.807, 2.05) is 6.07 Å². The number of rotatable bonds is 4. The number of aryl methyl sites for hydroxylation is 1. The fourth-order valence-corrected chi connectivity index (χ4v) is 5.40. The highest BCUT2D eigenvalue weighted by Crippen LogP contribution is 2.33. The maximum absolute atomic E-state index is 12.8. The summed E-state index contributed by atoms with van der Waals surface area (Å²) in [7, 11) is 0. The van der Waals surface area contributed by atoms with E-state index in [9.17, 15) is 4.79 Å². The fourth-order valence-electron chi connectivity index (χ4n) is 3.20. The van der Waals surface area contributed by atoms with Gasteiger partial charge in [-0.15, -0.1) is 11.3 Å². The standard InChI is InChI=1S/C19H20N2OS2/c1-12(2)23-19-20-16-17(22)14-9-6-10-15(14)24-18(16)21(19)11-13-7-4-3-5-8-13/h3-5,7-8,12H,6,9-11H2,1-2H3. The van der Waals surface area contributed by atoms with Crippen LogP contribution < -0.4 is 5.43 Å². The number of aromatic nitrogens is 2. The molecule has 4 rings (SSSR count). The Hall–Kier alpha value is -1.59. The molecule has 0 N–H and O–H groups in total. The first-order valence-electron chi connectivity index (χ1n) is 8.39. The van der Waals surface area contributed by atoms with Crippen molar-refractivity contribution >= 4 is 33.4 Å². The Morgan fingerprint density at radius 2 is 2.04 bits per heavy atom. The highest BCUT2D eigenvalue weighted by Gasteiger charge is 2.23. The van der Waals surface area contributed by atoms with Crippen molar-refractivity contribution in [2.75, 3.05) is 0 Å². The predicted molar refractivity (Wildman–Crippen MR) is 102 cm³/mol. The Labute approximate surface area is 149 Å². The van der Waals surface area contributed by atoms with E-state index in [4.69, 9.17) is 4.98 Å². The van der Waals surface area contributed by atoms with Crippen LogP contribution in [0, 0.1) is 0 Å². The van der Waals surface area contributed by atoms with Gasteiger partial charge in [-0.25, -0.2) is 4.98 Å². The second-order valence-electron chi connectivity index (χ2n) is 6.47. The average Bonchev–Trinajstić information content (AvgIpc) is 3.15. The first-order valence-corrected chi connectivity index (χ1v) is 10.1. The molecule has 0 aliphatic heterocycles. The summed E-state index contributed by atoms with van der Waals surface area (Å²) in [5.41, 5.74) is 3.08. The van der Waals surface area contributed by atoms with Crippen molar-refractivity contribution in [2.45, 2.75) is 50.1 Å². The van der Waals surface area contributed by atoms with E-state index in [0.29, 0.717) is 10.8 Å². The third-order valence-electron chi connectivity index (χ3n) is 4.29. The minimum Gasteiger partial charge on any atom is -0.306 e. The molecule has 0 radical (unpaired) electrons. The minimum absolute atomic E-state index is 0.161. The Morgan fingerprint density at radius 1 is 1.25 bits per heavy atom. The van der Waals surface area contributed by atoms with Gasteiger partial charge in [0.25, 0.3) is 0 Å². The Bertz CT molecular complexity index is 941. The number of imidazole rings is 1. The molecule has 2 aromatic heterocycles. The summed E-state index contributed by atoms with van der Waals surface area (Å²) in [5, 5.41) is 1.39. The largest absolute Gasteiger partial charge is 0.306 e. The molecule has 1 aliphatic carbocycles. The SMILES string of the molecule is CC(C)Sc1nc2c(=O)c3c(sc2n1Cc1ccccc1)CCC3. The molecule has 0 bridgehead atoms. The molecule has 1 aromatic carbocycles. The zero-order valence-corrected chi connectivity index (χ0v) is 15.5. The lowest BCUT2D eigenvalue weighted by Crippen LogP contribution is -2.08. The van der Waals surface area contributed by atoms with Crippen LogP contribution in [0.25, 0.3) is 10.3 Å². The zero-order chi connectivity index (χ0) is 16.7. The van der Waals surface area contributed by atoms with E-state index in [2.05, 4.69) is 42.7 Å². The smallest absolute Gasteiger partial charge is 0.211 e. The molecule has 5 heteroatoms. The number of hydrogen-bond donors (Lipinski definition) is 0. The average molecular weight is 357 g/mol. The minimum atomic E-state index is 0.161. The van der Waals surface area contributed by atoms with Crippen molar-refractivity contribution in [3.05, 3.63) is 56.6 Å². The maximum Gasteiger partial charge on any atom is 0.211 e. The lowest BCUT2D eigenvalue weighted by atomic mass is 10.2. The highest BCUT2D eigenvalue weighted by atomic mass is 32.2. The van der Waals surface area contributed by atoms with Crippen LogP contribution in [0.3, 0.4) is 0 Å². The number of fused-ring (bicyclic) bond motifs is 2.